The molecule has 28 heavy (non-hydrogen) atoms. The summed E-state index contributed by atoms with van der Waals surface area (Å²) in [6.45, 7) is 3.65. The minimum Gasteiger partial charge on any atom is -0.347 e. The predicted molar refractivity (Wildman–Crippen MR) is 115 cm³/mol. The van der Waals surface area contributed by atoms with Crippen LogP contribution in [0.25, 0.3) is 6.08 Å². The lowest BCUT2D eigenvalue weighted by atomic mass is 10.0. The van der Waals surface area contributed by atoms with Gasteiger partial charge in [-0.1, -0.05) is 68.2 Å². The van der Waals surface area contributed by atoms with Crippen molar-refractivity contribution in [2.24, 2.45) is 5.92 Å². The van der Waals surface area contributed by atoms with E-state index in [0.29, 0.717) is 9.23 Å². The van der Waals surface area contributed by atoms with Crippen LogP contribution in [0.15, 0.2) is 46.7 Å². The van der Waals surface area contributed by atoms with Crippen molar-refractivity contribution in [3.8, 4) is 0 Å². The number of thiocarbonyl (C=S) groups is 1. The van der Waals surface area contributed by atoms with Crippen molar-refractivity contribution in [1.29, 1.82) is 0 Å². The van der Waals surface area contributed by atoms with Gasteiger partial charge in [-0.2, -0.15) is 0 Å². The molecule has 0 radical (unpaired) electrons. The number of nitrogens with one attached hydrogen (secondary N) is 1. The molecule has 0 bridgehead atoms. The number of amides is 2. The van der Waals surface area contributed by atoms with Crippen molar-refractivity contribution >= 4 is 56.0 Å². The molecule has 2 amide bonds. The molecular weight excluding hydrogens is 416 g/mol. The van der Waals surface area contributed by atoms with Gasteiger partial charge in [0.25, 0.3) is 5.91 Å². The summed E-state index contributed by atoms with van der Waals surface area (Å²) in [5.41, 5.74) is 0.870. The van der Waals surface area contributed by atoms with Crippen LogP contribution in [-0.4, -0.2) is 47.3 Å². The Morgan fingerprint density at radius 2 is 2.00 bits per heavy atom. The normalized spacial score (nSPS) is 23.6. The molecule has 2 atom stereocenters. The molecule has 6 nitrogen and oxygen atoms in total. The number of benzene rings is 1. The first-order valence-corrected chi connectivity index (χ1v) is 11.7. The molecule has 0 spiro atoms. The van der Waals surface area contributed by atoms with E-state index in [1.807, 2.05) is 44.2 Å². The predicted octanol–water partition coefficient (Wildman–Crippen LogP) is 2.34. The first-order valence-electron chi connectivity index (χ1n) is 8.71. The molecule has 148 valence electrons. The van der Waals surface area contributed by atoms with Crippen molar-refractivity contribution in [3.05, 3.63) is 52.3 Å². The van der Waals surface area contributed by atoms with Crippen LogP contribution in [0.3, 0.4) is 0 Å². The molecule has 2 aliphatic rings. The number of hydrogen-bond donors (Lipinski definition) is 1. The Labute approximate surface area is 174 Å². The van der Waals surface area contributed by atoms with Gasteiger partial charge in [-0.05, 0) is 23.6 Å². The van der Waals surface area contributed by atoms with Crippen LogP contribution in [0, 0.1) is 5.92 Å². The Hall–Kier alpha value is -1.97. The molecule has 3 rings (SSSR count). The third kappa shape index (κ3) is 4.53. The summed E-state index contributed by atoms with van der Waals surface area (Å²) in [6.07, 6.45) is 3.20. The van der Waals surface area contributed by atoms with Crippen LogP contribution in [-0.2, 0) is 19.4 Å². The third-order valence-electron chi connectivity index (χ3n) is 4.36. The van der Waals surface area contributed by atoms with Gasteiger partial charge in [0, 0.05) is 5.41 Å². The average Bonchev–Trinajstić information content (AvgIpc) is 3.09. The van der Waals surface area contributed by atoms with E-state index in [0.717, 1.165) is 22.7 Å². The van der Waals surface area contributed by atoms with Crippen LogP contribution in [0.2, 0.25) is 0 Å². The van der Waals surface area contributed by atoms with Crippen LogP contribution in [0.5, 0.6) is 0 Å². The maximum atomic E-state index is 13.0. The van der Waals surface area contributed by atoms with Crippen molar-refractivity contribution in [2.45, 2.75) is 25.9 Å². The number of sulfone groups is 1. The summed E-state index contributed by atoms with van der Waals surface area (Å²) in [5, 5.41) is 3.81. The maximum Gasteiger partial charge on any atom is 0.266 e. The van der Waals surface area contributed by atoms with Crippen LogP contribution in [0.4, 0.5) is 0 Å². The van der Waals surface area contributed by atoms with E-state index in [2.05, 4.69) is 5.32 Å². The SMILES string of the molecule is CC(C)C(C(=O)NC1C=CS(=O)(=O)C1)N1C(=O)C(=Cc2ccccc2)SC1=S. The highest BCUT2D eigenvalue weighted by molar-refractivity contribution is 8.26. The number of carbonyl (C=O) groups excluding carboxylic acids is 2. The van der Waals surface area contributed by atoms with Crippen molar-refractivity contribution < 1.29 is 18.0 Å². The fraction of sp³-hybridized carbons (Fsp3) is 0.316. The van der Waals surface area contributed by atoms with Gasteiger partial charge >= 0.3 is 0 Å². The first-order chi connectivity index (χ1) is 13.2. The van der Waals surface area contributed by atoms with Crippen LogP contribution < -0.4 is 5.32 Å². The summed E-state index contributed by atoms with van der Waals surface area (Å²) in [6, 6.07) is 7.99. The lowest BCUT2D eigenvalue weighted by molar-refractivity contribution is -0.134. The van der Waals surface area contributed by atoms with E-state index in [1.54, 1.807) is 6.08 Å². The standard InChI is InChI=1S/C19H20N2O4S3/c1-12(2)16(17(22)20-14-8-9-28(24,25)11-14)21-18(23)15(27-19(21)26)10-13-6-4-3-5-7-13/h3-10,12,14,16H,11H2,1-2H3,(H,20,22). The van der Waals surface area contributed by atoms with Crippen molar-refractivity contribution in [3.63, 3.8) is 0 Å². The third-order valence-corrected chi connectivity index (χ3v) is 7.08. The molecular formula is C19H20N2O4S3. The van der Waals surface area contributed by atoms with E-state index in [9.17, 15) is 18.0 Å². The highest BCUT2D eigenvalue weighted by Gasteiger charge is 2.42. The number of nitrogens with zero attached hydrogens (tertiary/aromatic N) is 1. The average molecular weight is 437 g/mol. The summed E-state index contributed by atoms with van der Waals surface area (Å²) < 4.78 is 23.5. The largest absolute Gasteiger partial charge is 0.347 e. The van der Waals surface area contributed by atoms with E-state index in [1.165, 1.54) is 11.0 Å². The second-order valence-electron chi connectivity index (χ2n) is 6.92. The Morgan fingerprint density at radius 3 is 2.57 bits per heavy atom. The van der Waals surface area contributed by atoms with Crippen molar-refractivity contribution in [1.82, 2.24) is 10.2 Å². The monoisotopic (exact) mass is 436 g/mol. The zero-order valence-electron chi connectivity index (χ0n) is 15.4. The number of rotatable bonds is 5. The topological polar surface area (TPSA) is 83.6 Å². The molecule has 1 aromatic rings. The maximum absolute atomic E-state index is 13.0. The van der Waals surface area contributed by atoms with Crippen LogP contribution >= 0.6 is 24.0 Å². The van der Waals surface area contributed by atoms with E-state index >= 15 is 0 Å². The van der Waals surface area contributed by atoms with E-state index in [4.69, 9.17) is 12.2 Å². The second-order valence-corrected chi connectivity index (χ2v) is 10.5. The van der Waals surface area contributed by atoms with Gasteiger partial charge in [-0.15, -0.1) is 0 Å². The highest BCUT2D eigenvalue weighted by atomic mass is 32.2. The lowest BCUT2D eigenvalue weighted by Gasteiger charge is -2.29. The fourth-order valence-electron chi connectivity index (χ4n) is 3.07. The lowest BCUT2D eigenvalue weighted by Crippen LogP contribution is -2.53. The molecule has 9 heteroatoms. The molecule has 0 saturated carbocycles. The Morgan fingerprint density at radius 1 is 1.32 bits per heavy atom. The van der Waals surface area contributed by atoms with Gasteiger partial charge in [0.05, 0.1) is 16.7 Å². The Balaban J connectivity index is 1.81. The minimum atomic E-state index is -3.29. The minimum absolute atomic E-state index is 0.171. The number of hydrogen-bond acceptors (Lipinski definition) is 6. The molecule has 1 saturated heterocycles. The second kappa shape index (κ2) is 8.18. The van der Waals surface area contributed by atoms with E-state index in [-0.39, 0.29) is 17.6 Å². The molecule has 1 N–H and O–H groups in total. The first kappa shape index (κ1) is 20.8. The summed E-state index contributed by atoms with van der Waals surface area (Å²) in [5.74, 6) is -1.11. The summed E-state index contributed by atoms with van der Waals surface area (Å²) in [4.78, 5) is 27.6. The van der Waals surface area contributed by atoms with Crippen LogP contribution in [0.1, 0.15) is 19.4 Å². The van der Waals surface area contributed by atoms with Gasteiger partial charge in [-0.3, -0.25) is 14.5 Å². The van der Waals surface area contributed by atoms with E-state index < -0.39 is 27.8 Å². The number of carbonyl (C=O) groups is 2. The summed E-state index contributed by atoms with van der Waals surface area (Å²) >= 11 is 6.54. The summed E-state index contributed by atoms with van der Waals surface area (Å²) in [7, 11) is -3.29. The van der Waals surface area contributed by atoms with Gasteiger partial charge < -0.3 is 5.32 Å². The number of thioether (sulfide) groups is 1. The van der Waals surface area contributed by atoms with Gasteiger partial charge in [-0.25, -0.2) is 8.42 Å². The molecule has 0 aromatic heterocycles. The smallest absolute Gasteiger partial charge is 0.266 e. The van der Waals surface area contributed by atoms with Crippen molar-refractivity contribution in [2.75, 3.05) is 5.75 Å². The Kier molecular flexibility index (Phi) is 6.07. The molecule has 2 aliphatic heterocycles. The quantitative estimate of drug-likeness (QED) is 0.564. The molecule has 2 heterocycles. The van der Waals surface area contributed by atoms with Gasteiger partial charge in [0.1, 0.15) is 10.4 Å². The molecule has 2 unspecified atom stereocenters. The molecule has 1 fully saturated rings. The Bertz CT molecular complexity index is 968. The highest BCUT2D eigenvalue weighted by Crippen LogP contribution is 2.35. The fourth-order valence-corrected chi connectivity index (χ4v) is 5.64. The van der Waals surface area contributed by atoms with Gasteiger partial charge in [0.15, 0.2) is 9.84 Å². The zero-order valence-corrected chi connectivity index (χ0v) is 17.8. The molecule has 0 aliphatic carbocycles. The molecule has 1 aromatic carbocycles. The zero-order chi connectivity index (χ0) is 20.5. The van der Waals surface area contributed by atoms with Gasteiger partial charge in [0.2, 0.25) is 5.91 Å².